The number of nitrogens with one attached hydrogen (secondary N) is 1. The van der Waals surface area contributed by atoms with E-state index in [9.17, 15) is 0 Å². The molecule has 0 spiro atoms. The minimum atomic E-state index is 0.284. The van der Waals surface area contributed by atoms with E-state index in [0.717, 1.165) is 22.9 Å². The summed E-state index contributed by atoms with van der Waals surface area (Å²) in [5.74, 6) is 0.880. The van der Waals surface area contributed by atoms with Gasteiger partial charge in [-0.1, -0.05) is 30.7 Å². The maximum absolute atomic E-state index is 5.89. The van der Waals surface area contributed by atoms with E-state index < -0.39 is 0 Å². The van der Waals surface area contributed by atoms with E-state index in [1.54, 1.807) is 7.11 Å². The van der Waals surface area contributed by atoms with Crippen LogP contribution in [0.1, 0.15) is 24.9 Å². The Morgan fingerprint density at radius 1 is 1.05 bits per heavy atom. The molecule has 2 rings (SSSR count). The van der Waals surface area contributed by atoms with Crippen molar-refractivity contribution in [3.63, 3.8) is 0 Å². The zero-order chi connectivity index (χ0) is 13.7. The molecule has 2 aromatic rings. The van der Waals surface area contributed by atoms with Crippen LogP contribution in [0.2, 0.25) is 5.02 Å². The molecule has 2 aromatic carbocycles. The van der Waals surface area contributed by atoms with E-state index in [4.69, 9.17) is 16.3 Å². The van der Waals surface area contributed by atoms with Crippen molar-refractivity contribution in [2.45, 2.75) is 19.4 Å². The lowest BCUT2D eigenvalue weighted by atomic mass is 10.0. The van der Waals surface area contributed by atoms with Crippen LogP contribution in [0.4, 0.5) is 5.69 Å². The molecule has 3 heteroatoms. The van der Waals surface area contributed by atoms with Crippen LogP contribution < -0.4 is 10.1 Å². The first-order valence-corrected chi connectivity index (χ1v) is 6.76. The zero-order valence-corrected chi connectivity index (χ0v) is 11.9. The van der Waals surface area contributed by atoms with Gasteiger partial charge in [0, 0.05) is 10.7 Å². The molecule has 1 atom stereocenters. The molecule has 2 nitrogen and oxygen atoms in total. The van der Waals surface area contributed by atoms with Gasteiger partial charge in [-0.3, -0.25) is 0 Å². The molecule has 0 saturated carbocycles. The summed E-state index contributed by atoms with van der Waals surface area (Å²) < 4.78 is 5.18. The molecule has 0 aliphatic carbocycles. The Labute approximate surface area is 119 Å². The Kier molecular flexibility index (Phi) is 4.69. The number of halogens is 1. The molecule has 0 aliphatic heterocycles. The summed E-state index contributed by atoms with van der Waals surface area (Å²) in [7, 11) is 1.68. The van der Waals surface area contributed by atoms with Crippen molar-refractivity contribution in [2.24, 2.45) is 0 Å². The molecule has 0 aromatic heterocycles. The number of hydrogen-bond donors (Lipinski definition) is 1. The Bertz CT molecular complexity index is 507. The molecular formula is C16H18ClNO. The number of methoxy groups -OCH3 is 1. The lowest BCUT2D eigenvalue weighted by Crippen LogP contribution is -2.09. The highest BCUT2D eigenvalue weighted by molar-refractivity contribution is 6.30. The maximum atomic E-state index is 5.89. The second-order valence-electron chi connectivity index (χ2n) is 4.39. The molecule has 0 fully saturated rings. The summed E-state index contributed by atoms with van der Waals surface area (Å²) in [6, 6.07) is 16.2. The first-order chi connectivity index (χ1) is 9.22. The standard InChI is InChI=1S/C16H18ClNO/c1-3-16(12-4-10-15(19-2)11-5-12)18-14-8-6-13(17)7-9-14/h4-11,16,18H,3H2,1-2H3. The Hall–Kier alpha value is -1.67. The van der Waals surface area contributed by atoms with Crippen LogP contribution in [0.15, 0.2) is 48.5 Å². The smallest absolute Gasteiger partial charge is 0.118 e. The SMILES string of the molecule is CCC(Nc1ccc(Cl)cc1)c1ccc(OC)cc1. The van der Waals surface area contributed by atoms with E-state index in [1.807, 2.05) is 36.4 Å². The minimum absolute atomic E-state index is 0.284. The number of rotatable bonds is 5. The number of benzene rings is 2. The Balaban J connectivity index is 2.12. The maximum Gasteiger partial charge on any atom is 0.118 e. The van der Waals surface area contributed by atoms with Crippen LogP contribution in [-0.4, -0.2) is 7.11 Å². The molecule has 0 amide bonds. The highest BCUT2D eigenvalue weighted by Crippen LogP contribution is 2.25. The first kappa shape index (κ1) is 13.8. The average molecular weight is 276 g/mol. The van der Waals surface area contributed by atoms with Gasteiger partial charge in [-0.15, -0.1) is 0 Å². The third-order valence-electron chi connectivity index (χ3n) is 3.11. The predicted octanol–water partition coefficient (Wildman–Crippen LogP) is 4.91. The van der Waals surface area contributed by atoms with Gasteiger partial charge in [0.05, 0.1) is 13.2 Å². The fourth-order valence-corrected chi connectivity index (χ4v) is 2.13. The first-order valence-electron chi connectivity index (χ1n) is 6.39. The molecule has 0 saturated heterocycles. The Morgan fingerprint density at radius 3 is 2.21 bits per heavy atom. The summed E-state index contributed by atoms with van der Waals surface area (Å²) in [4.78, 5) is 0. The monoisotopic (exact) mass is 275 g/mol. The normalized spacial score (nSPS) is 11.9. The lowest BCUT2D eigenvalue weighted by molar-refractivity contribution is 0.414. The summed E-state index contributed by atoms with van der Waals surface area (Å²) in [6.45, 7) is 2.16. The van der Waals surface area contributed by atoms with Crippen molar-refractivity contribution in [1.29, 1.82) is 0 Å². The van der Waals surface area contributed by atoms with E-state index in [1.165, 1.54) is 5.56 Å². The van der Waals surface area contributed by atoms with Gasteiger partial charge in [0.25, 0.3) is 0 Å². The molecule has 1 N–H and O–H groups in total. The van der Waals surface area contributed by atoms with Crippen LogP contribution in [0, 0.1) is 0 Å². The topological polar surface area (TPSA) is 21.3 Å². The lowest BCUT2D eigenvalue weighted by Gasteiger charge is -2.19. The van der Waals surface area contributed by atoms with Gasteiger partial charge in [0.2, 0.25) is 0 Å². The van der Waals surface area contributed by atoms with Gasteiger partial charge in [-0.25, -0.2) is 0 Å². The minimum Gasteiger partial charge on any atom is -0.497 e. The van der Waals surface area contributed by atoms with Crippen molar-refractivity contribution in [3.05, 3.63) is 59.1 Å². The summed E-state index contributed by atoms with van der Waals surface area (Å²) in [5, 5.41) is 4.26. The number of anilines is 1. The quantitative estimate of drug-likeness (QED) is 0.837. The summed E-state index contributed by atoms with van der Waals surface area (Å²) >= 11 is 5.89. The molecule has 0 heterocycles. The summed E-state index contributed by atoms with van der Waals surface area (Å²) in [5.41, 5.74) is 2.32. The largest absolute Gasteiger partial charge is 0.497 e. The van der Waals surface area contributed by atoms with Crippen LogP contribution >= 0.6 is 11.6 Å². The fourth-order valence-electron chi connectivity index (χ4n) is 2.00. The van der Waals surface area contributed by atoms with Crippen LogP contribution in [0.25, 0.3) is 0 Å². The van der Waals surface area contributed by atoms with Gasteiger partial charge in [-0.05, 0) is 48.4 Å². The second-order valence-corrected chi connectivity index (χ2v) is 4.82. The van der Waals surface area contributed by atoms with Gasteiger partial charge in [-0.2, -0.15) is 0 Å². The average Bonchev–Trinajstić information content (AvgIpc) is 2.47. The van der Waals surface area contributed by atoms with E-state index in [2.05, 4.69) is 24.4 Å². The highest BCUT2D eigenvalue weighted by atomic mass is 35.5. The molecule has 0 bridgehead atoms. The summed E-state index contributed by atoms with van der Waals surface area (Å²) in [6.07, 6.45) is 1.01. The van der Waals surface area contributed by atoms with Crippen molar-refractivity contribution < 1.29 is 4.74 Å². The molecule has 19 heavy (non-hydrogen) atoms. The van der Waals surface area contributed by atoms with Crippen LogP contribution in [0.3, 0.4) is 0 Å². The molecule has 0 radical (unpaired) electrons. The van der Waals surface area contributed by atoms with Crippen molar-refractivity contribution in [1.82, 2.24) is 0 Å². The van der Waals surface area contributed by atoms with Gasteiger partial charge in [0.15, 0.2) is 0 Å². The third kappa shape index (κ3) is 3.65. The number of ether oxygens (including phenoxy) is 1. The van der Waals surface area contributed by atoms with Gasteiger partial charge >= 0.3 is 0 Å². The molecule has 0 aliphatic rings. The second kappa shape index (κ2) is 6.48. The van der Waals surface area contributed by atoms with Gasteiger partial charge < -0.3 is 10.1 Å². The van der Waals surface area contributed by atoms with Crippen LogP contribution in [-0.2, 0) is 0 Å². The zero-order valence-electron chi connectivity index (χ0n) is 11.2. The van der Waals surface area contributed by atoms with Crippen LogP contribution in [0.5, 0.6) is 5.75 Å². The van der Waals surface area contributed by atoms with Crippen molar-refractivity contribution in [2.75, 3.05) is 12.4 Å². The number of hydrogen-bond acceptors (Lipinski definition) is 2. The third-order valence-corrected chi connectivity index (χ3v) is 3.36. The predicted molar refractivity (Wildman–Crippen MR) is 81.1 cm³/mol. The highest BCUT2D eigenvalue weighted by Gasteiger charge is 2.09. The van der Waals surface area contributed by atoms with Gasteiger partial charge in [0.1, 0.15) is 5.75 Å². The van der Waals surface area contributed by atoms with E-state index in [-0.39, 0.29) is 6.04 Å². The molecule has 1 unspecified atom stereocenters. The van der Waals surface area contributed by atoms with E-state index >= 15 is 0 Å². The van der Waals surface area contributed by atoms with E-state index in [0.29, 0.717) is 0 Å². The van der Waals surface area contributed by atoms with Crippen molar-refractivity contribution >= 4 is 17.3 Å². The molecule has 100 valence electrons. The molecular weight excluding hydrogens is 258 g/mol. The van der Waals surface area contributed by atoms with Crippen molar-refractivity contribution in [3.8, 4) is 5.75 Å². The fraction of sp³-hybridized carbons (Fsp3) is 0.250. The Morgan fingerprint density at radius 2 is 1.68 bits per heavy atom.